The minimum Gasteiger partial charge on any atom is -0.478 e. The summed E-state index contributed by atoms with van der Waals surface area (Å²) in [7, 11) is 1.68. The zero-order valence-corrected chi connectivity index (χ0v) is 15.8. The molecule has 2 aromatic rings. The standard InChI is InChI=1S/C21H24FN3O3/c1-28-15-19(8-4-16-2-6-18(22)7-3-16)24-10-12-25(13-11-24)20-9-5-17(14-23-20)21(26)27/h2-9,14,19H,10-13,15H2,1H3,(H,26,27). The average molecular weight is 385 g/mol. The van der Waals surface area contributed by atoms with Crippen LogP contribution in [0.2, 0.25) is 0 Å². The first-order chi connectivity index (χ1) is 13.6. The average Bonchev–Trinajstić information content (AvgIpc) is 2.72. The van der Waals surface area contributed by atoms with Gasteiger partial charge in [0.2, 0.25) is 0 Å². The molecule has 28 heavy (non-hydrogen) atoms. The number of benzene rings is 1. The van der Waals surface area contributed by atoms with Gasteiger partial charge >= 0.3 is 5.97 Å². The van der Waals surface area contributed by atoms with E-state index in [1.165, 1.54) is 18.3 Å². The van der Waals surface area contributed by atoms with Crippen molar-refractivity contribution in [2.45, 2.75) is 6.04 Å². The number of anilines is 1. The maximum Gasteiger partial charge on any atom is 0.337 e. The zero-order chi connectivity index (χ0) is 19.9. The summed E-state index contributed by atoms with van der Waals surface area (Å²) in [5.74, 6) is -0.430. The van der Waals surface area contributed by atoms with Crippen molar-refractivity contribution in [3.8, 4) is 0 Å². The van der Waals surface area contributed by atoms with Gasteiger partial charge in [-0.2, -0.15) is 0 Å². The first-order valence-electron chi connectivity index (χ1n) is 9.18. The molecule has 2 heterocycles. The Morgan fingerprint density at radius 1 is 1.21 bits per heavy atom. The lowest BCUT2D eigenvalue weighted by Gasteiger charge is -2.38. The second-order valence-corrected chi connectivity index (χ2v) is 6.67. The van der Waals surface area contributed by atoms with Crippen molar-refractivity contribution < 1.29 is 19.0 Å². The van der Waals surface area contributed by atoms with Gasteiger partial charge in [-0.1, -0.05) is 24.3 Å². The van der Waals surface area contributed by atoms with Gasteiger partial charge in [-0.05, 0) is 29.8 Å². The van der Waals surface area contributed by atoms with Crippen molar-refractivity contribution in [3.05, 3.63) is 65.6 Å². The molecule has 0 amide bonds. The van der Waals surface area contributed by atoms with Crippen molar-refractivity contribution >= 4 is 17.9 Å². The summed E-state index contributed by atoms with van der Waals surface area (Å²) in [6.07, 6.45) is 5.47. The lowest BCUT2D eigenvalue weighted by atomic mass is 10.1. The molecule has 0 radical (unpaired) electrons. The maximum absolute atomic E-state index is 13.0. The first-order valence-corrected chi connectivity index (χ1v) is 9.18. The van der Waals surface area contributed by atoms with Crippen LogP contribution < -0.4 is 4.90 Å². The predicted molar refractivity (Wildman–Crippen MR) is 106 cm³/mol. The number of halogens is 1. The van der Waals surface area contributed by atoms with Gasteiger partial charge in [0, 0.05) is 39.5 Å². The Hall–Kier alpha value is -2.77. The van der Waals surface area contributed by atoms with Crippen LogP contribution in [0.5, 0.6) is 0 Å². The molecule has 3 rings (SSSR count). The Kier molecular flexibility index (Phi) is 6.73. The van der Waals surface area contributed by atoms with Crippen LogP contribution in [0.3, 0.4) is 0 Å². The summed E-state index contributed by atoms with van der Waals surface area (Å²) in [6, 6.07) is 9.86. The fraction of sp³-hybridized carbons (Fsp3) is 0.333. The van der Waals surface area contributed by atoms with E-state index < -0.39 is 5.97 Å². The summed E-state index contributed by atoms with van der Waals surface area (Å²) in [5, 5.41) is 8.98. The quantitative estimate of drug-likeness (QED) is 0.791. The van der Waals surface area contributed by atoms with Gasteiger partial charge < -0.3 is 14.7 Å². The van der Waals surface area contributed by atoms with Gasteiger partial charge in [-0.3, -0.25) is 4.90 Å². The van der Waals surface area contributed by atoms with Crippen molar-refractivity contribution in [2.75, 3.05) is 44.8 Å². The van der Waals surface area contributed by atoms with E-state index in [1.54, 1.807) is 31.4 Å². The van der Waals surface area contributed by atoms with Crippen molar-refractivity contribution in [1.82, 2.24) is 9.88 Å². The number of aromatic carboxylic acids is 1. The molecular formula is C21H24FN3O3. The third-order valence-electron chi connectivity index (χ3n) is 4.82. The molecule has 1 atom stereocenters. The Labute approximate surface area is 163 Å². The number of methoxy groups -OCH3 is 1. The molecule has 1 fully saturated rings. The van der Waals surface area contributed by atoms with E-state index in [1.807, 2.05) is 6.08 Å². The van der Waals surface area contributed by atoms with E-state index in [2.05, 4.69) is 20.9 Å². The van der Waals surface area contributed by atoms with Crippen LogP contribution in [0.4, 0.5) is 10.2 Å². The van der Waals surface area contributed by atoms with Crippen LogP contribution in [0.15, 0.2) is 48.7 Å². The molecule has 1 aliphatic heterocycles. The van der Waals surface area contributed by atoms with Crippen molar-refractivity contribution in [2.24, 2.45) is 0 Å². The van der Waals surface area contributed by atoms with Crippen molar-refractivity contribution in [3.63, 3.8) is 0 Å². The highest BCUT2D eigenvalue weighted by Crippen LogP contribution is 2.17. The van der Waals surface area contributed by atoms with E-state index in [4.69, 9.17) is 9.84 Å². The van der Waals surface area contributed by atoms with Crippen LogP contribution in [0, 0.1) is 5.82 Å². The number of carboxylic acid groups (broad SMARTS) is 1. The van der Waals surface area contributed by atoms with Gasteiger partial charge in [0.1, 0.15) is 11.6 Å². The van der Waals surface area contributed by atoms with E-state index in [0.29, 0.717) is 6.61 Å². The highest BCUT2D eigenvalue weighted by molar-refractivity contribution is 5.87. The molecule has 7 heteroatoms. The van der Waals surface area contributed by atoms with Gasteiger partial charge in [0.25, 0.3) is 0 Å². The van der Waals surface area contributed by atoms with Crippen LogP contribution >= 0.6 is 0 Å². The van der Waals surface area contributed by atoms with E-state index in [9.17, 15) is 9.18 Å². The number of aromatic nitrogens is 1. The molecule has 0 saturated carbocycles. The molecule has 1 saturated heterocycles. The topological polar surface area (TPSA) is 65.9 Å². The number of pyridine rings is 1. The summed E-state index contributed by atoms with van der Waals surface area (Å²) in [5.41, 5.74) is 1.14. The molecule has 1 aromatic heterocycles. The van der Waals surface area contributed by atoms with Gasteiger partial charge in [-0.15, -0.1) is 0 Å². The predicted octanol–water partition coefficient (Wildman–Crippen LogP) is 2.77. The van der Waals surface area contributed by atoms with Gasteiger partial charge in [0.15, 0.2) is 0 Å². The Morgan fingerprint density at radius 3 is 2.50 bits per heavy atom. The van der Waals surface area contributed by atoms with Crippen LogP contribution in [0.25, 0.3) is 6.08 Å². The summed E-state index contributed by atoms with van der Waals surface area (Å²) < 4.78 is 18.4. The summed E-state index contributed by atoms with van der Waals surface area (Å²) in [6.45, 7) is 3.84. The molecule has 1 aromatic carbocycles. The molecular weight excluding hydrogens is 361 g/mol. The molecule has 0 spiro atoms. The summed E-state index contributed by atoms with van der Waals surface area (Å²) in [4.78, 5) is 19.7. The molecule has 1 unspecified atom stereocenters. The Balaban J connectivity index is 1.60. The fourth-order valence-electron chi connectivity index (χ4n) is 3.23. The number of hydrogen-bond donors (Lipinski definition) is 1. The molecule has 148 valence electrons. The number of nitrogens with zero attached hydrogens (tertiary/aromatic N) is 3. The second kappa shape index (κ2) is 9.43. The number of carboxylic acids is 1. The Morgan fingerprint density at radius 2 is 1.93 bits per heavy atom. The molecule has 0 aliphatic carbocycles. The monoisotopic (exact) mass is 385 g/mol. The third kappa shape index (κ3) is 5.15. The van der Waals surface area contributed by atoms with Gasteiger partial charge in [-0.25, -0.2) is 14.2 Å². The number of ether oxygens (including phenoxy) is 1. The number of piperazine rings is 1. The SMILES string of the molecule is COCC(C=Cc1ccc(F)cc1)N1CCN(c2ccc(C(=O)O)cn2)CC1. The highest BCUT2D eigenvalue weighted by atomic mass is 19.1. The lowest BCUT2D eigenvalue weighted by molar-refractivity contribution is 0.0696. The van der Waals surface area contributed by atoms with Crippen LogP contribution in [-0.4, -0.2) is 66.9 Å². The lowest BCUT2D eigenvalue weighted by Crippen LogP contribution is -2.51. The Bertz CT molecular complexity index is 801. The molecule has 0 bridgehead atoms. The number of rotatable bonds is 7. The second-order valence-electron chi connectivity index (χ2n) is 6.67. The number of hydrogen-bond acceptors (Lipinski definition) is 5. The minimum absolute atomic E-state index is 0.125. The van der Waals surface area contributed by atoms with Gasteiger partial charge in [0.05, 0.1) is 18.2 Å². The molecule has 1 N–H and O–H groups in total. The normalized spacial score (nSPS) is 16.4. The van der Waals surface area contributed by atoms with E-state index >= 15 is 0 Å². The fourth-order valence-corrected chi connectivity index (χ4v) is 3.23. The maximum atomic E-state index is 13.0. The summed E-state index contributed by atoms with van der Waals surface area (Å²) >= 11 is 0. The minimum atomic E-state index is -0.973. The smallest absolute Gasteiger partial charge is 0.337 e. The van der Waals surface area contributed by atoms with Crippen LogP contribution in [0.1, 0.15) is 15.9 Å². The zero-order valence-electron chi connectivity index (χ0n) is 15.8. The van der Waals surface area contributed by atoms with Crippen molar-refractivity contribution in [1.29, 1.82) is 0 Å². The highest BCUT2D eigenvalue weighted by Gasteiger charge is 2.23. The largest absolute Gasteiger partial charge is 0.478 e. The third-order valence-corrected chi connectivity index (χ3v) is 4.82. The molecule has 1 aliphatic rings. The van der Waals surface area contributed by atoms with E-state index in [-0.39, 0.29) is 17.4 Å². The van der Waals surface area contributed by atoms with E-state index in [0.717, 1.165) is 37.6 Å². The first kappa shape index (κ1) is 20.0. The molecule has 6 nitrogen and oxygen atoms in total. The number of carbonyl (C=O) groups is 1. The van der Waals surface area contributed by atoms with Crippen LogP contribution in [-0.2, 0) is 4.74 Å².